The number of amides is 1. The molecule has 104 valence electrons. The average Bonchev–Trinajstić information content (AvgIpc) is 2.38. The van der Waals surface area contributed by atoms with Gasteiger partial charge in [-0.1, -0.05) is 31.3 Å². The van der Waals surface area contributed by atoms with Crippen LogP contribution in [0.5, 0.6) is 0 Å². The fourth-order valence-electron chi connectivity index (χ4n) is 1.97. The van der Waals surface area contributed by atoms with Crippen LogP contribution in [-0.2, 0) is 4.79 Å². The molecule has 4 nitrogen and oxygen atoms in total. The molecule has 0 bridgehead atoms. The van der Waals surface area contributed by atoms with Gasteiger partial charge in [-0.25, -0.2) is 0 Å². The van der Waals surface area contributed by atoms with Crippen LogP contribution in [0.4, 0.5) is 5.69 Å². The third-order valence-electron chi connectivity index (χ3n) is 3.00. The summed E-state index contributed by atoms with van der Waals surface area (Å²) in [6, 6.07) is 7.57. The number of hydrogen-bond acceptors (Lipinski definition) is 3. The van der Waals surface area contributed by atoms with Gasteiger partial charge < -0.3 is 11.1 Å². The van der Waals surface area contributed by atoms with Crippen LogP contribution in [0.15, 0.2) is 34.9 Å². The number of nitrogens with two attached hydrogens (primary N) is 1. The largest absolute Gasteiger partial charge is 0.393 e. The van der Waals surface area contributed by atoms with Crippen LogP contribution in [-0.4, -0.2) is 15.9 Å². The number of fused-ring (bicyclic) bond motifs is 1. The van der Waals surface area contributed by atoms with Crippen molar-refractivity contribution in [2.75, 3.05) is 5.32 Å². The number of carbonyl (C=O) groups is 1. The van der Waals surface area contributed by atoms with E-state index in [1.54, 1.807) is 6.20 Å². The van der Waals surface area contributed by atoms with Crippen molar-refractivity contribution >= 4 is 55.6 Å². The van der Waals surface area contributed by atoms with Gasteiger partial charge in [-0.3, -0.25) is 9.78 Å². The van der Waals surface area contributed by atoms with E-state index in [0.717, 1.165) is 15.4 Å². The lowest BCUT2D eigenvalue weighted by molar-refractivity contribution is -0.118. The van der Waals surface area contributed by atoms with E-state index in [9.17, 15) is 4.79 Å². The van der Waals surface area contributed by atoms with E-state index >= 15 is 0 Å². The van der Waals surface area contributed by atoms with E-state index in [1.807, 2.05) is 31.2 Å². The molecule has 1 heterocycles. The summed E-state index contributed by atoms with van der Waals surface area (Å²) in [7, 11) is 0. The van der Waals surface area contributed by atoms with Crippen molar-refractivity contribution in [1.82, 2.24) is 4.98 Å². The third kappa shape index (κ3) is 3.13. The molecule has 0 saturated carbocycles. The second kappa shape index (κ2) is 6.28. The molecule has 0 radical (unpaired) electrons. The number of nitrogens with zero attached hydrogens (tertiary/aromatic N) is 1. The van der Waals surface area contributed by atoms with E-state index < -0.39 is 5.92 Å². The molecule has 1 aromatic heterocycles. The molecule has 2 aromatic rings. The molecule has 6 heteroatoms. The fourth-order valence-corrected chi connectivity index (χ4v) is 2.59. The molecule has 1 atom stereocenters. The zero-order valence-electron chi connectivity index (χ0n) is 10.9. The molecule has 0 aliphatic rings. The number of anilines is 1. The highest BCUT2D eigenvalue weighted by Gasteiger charge is 2.20. The number of aromatic nitrogens is 1. The van der Waals surface area contributed by atoms with E-state index in [4.69, 9.17) is 18.0 Å². The quantitative estimate of drug-likeness (QED) is 0.829. The van der Waals surface area contributed by atoms with Gasteiger partial charge in [0.2, 0.25) is 5.91 Å². The molecule has 1 aromatic carbocycles. The smallest absolute Gasteiger partial charge is 0.234 e. The topological polar surface area (TPSA) is 68.0 Å². The highest BCUT2D eigenvalue weighted by molar-refractivity contribution is 9.10. The molecule has 0 aliphatic carbocycles. The third-order valence-corrected chi connectivity index (χ3v) is 3.72. The number of rotatable bonds is 4. The predicted octanol–water partition coefficient (Wildman–Crippen LogP) is 3.25. The minimum absolute atomic E-state index is 0.197. The zero-order chi connectivity index (χ0) is 14.7. The minimum Gasteiger partial charge on any atom is -0.393 e. The van der Waals surface area contributed by atoms with Gasteiger partial charge in [-0.2, -0.15) is 0 Å². The molecule has 3 N–H and O–H groups in total. The summed E-state index contributed by atoms with van der Waals surface area (Å²) >= 11 is 8.29. The summed E-state index contributed by atoms with van der Waals surface area (Å²) in [6.45, 7) is 1.88. The summed E-state index contributed by atoms with van der Waals surface area (Å²) in [4.78, 5) is 16.7. The average molecular weight is 352 g/mol. The molecule has 0 aliphatic heterocycles. The van der Waals surface area contributed by atoms with Gasteiger partial charge in [-0.05, 0) is 34.5 Å². The van der Waals surface area contributed by atoms with Gasteiger partial charge in [0.05, 0.1) is 22.1 Å². The van der Waals surface area contributed by atoms with Gasteiger partial charge in [-0.15, -0.1) is 0 Å². The Morgan fingerprint density at radius 3 is 2.95 bits per heavy atom. The monoisotopic (exact) mass is 351 g/mol. The standard InChI is InChI=1S/C14H14BrN3OS/c1-2-10(13(16)20)14(19)18-11-5-3-4-8-6-9(15)7-17-12(8)11/h3-7,10H,2H2,1H3,(H2,16,20)(H,18,19). The normalized spacial score (nSPS) is 12.1. The van der Waals surface area contributed by atoms with E-state index in [-0.39, 0.29) is 10.9 Å². The Balaban J connectivity index is 2.34. The van der Waals surface area contributed by atoms with E-state index in [2.05, 4.69) is 26.2 Å². The van der Waals surface area contributed by atoms with Gasteiger partial charge in [0.1, 0.15) is 0 Å². The van der Waals surface area contributed by atoms with Gasteiger partial charge in [0, 0.05) is 16.1 Å². The lowest BCUT2D eigenvalue weighted by Gasteiger charge is -2.14. The van der Waals surface area contributed by atoms with E-state index in [0.29, 0.717) is 12.1 Å². The van der Waals surface area contributed by atoms with Crippen LogP contribution in [0.2, 0.25) is 0 Å². The van der Waals surface area contributed by atoms with Crippen molar-refractivity contribution in [2.45, 2.75) is 13.3 Å². The highest BCUT2D eigenvalue weighted by atomic mass is 79.9. The lowest BCUT2D eigenvalue weighted by atomic mass is 10.1. The SMILES string of the molecule is CCC(C(=O)Nc1cccc2cc(Br)cnc12)C(N)=S. The fraction of sp³-hybridized carbons (Fsp3) is 0.214. The Kier molecular flexibility index (Phi) is 4.67. The van der Waals surface area contributed by atoms with Crippen molar-refractivity contribution in [3.05, 3.63) is 34.9 Å². The summed E-state index contributed by atoms with van der Waals surface area (Å²) in [6.07, 6.45) is 2.27. The predicted molar refractivity (Wildman–Crippen MR) is 88.6 cm³/mol. The van der Waals surface area contributed by atoms with Gasteiger partial charge >= 0.3 is 0 Å². The maximum absolute atomic E-state index is 12.2. The number of hydrogen-bond donors (Lipinski definition) is 2. The summed E-state index contributed by atoms with van der Waals surface area (Å²) in [5, 5.41) is 3.80. The maximum atomic E-state index is 12.2. The number of para-hydroxylation sites is 1. The Morgan fingerprint density at radius 2 is 2.30 bits per heavy atom. The van der Waals surface area contributed by atoms with Crippen LogP contribution in [0.25, 0.3) is 10.9 Å². The molecular formula is C14H14BrN3OS. The van der Waals surface area contributed by atoms with E-state index in [1.165, 1.54) is 0 Å². The van der Waals surface area contributed by atoms with Crippen LogP contribution in [0.1, 0.15) is 13.3 Å². The second-order valence-corrected chi connectivity index (χ2v) is 5.77. The van der Waals surface area contributed by atoms with Crippen LogP contribution >= 0.6 is 28.1 Å². The van der Waals surface area contributed by atoms with Crippen molar-refractivity contribution in [3.63, 3.8) is 0 Å². The summed E-state index contributed by atoms with van der Waals surface area (Å²) in [5.41, 5.74) is 6.98. The first-order valence-electron chi connectivity index (χ1n) is 6.17. The molecule has 1 amide bonds. The number of benzene rings is 1. The Morgan fingerprint density at radius 1 is 1.55 bits per heavy atom. The Labute approximate surface area is 130 Å². The second-order valence-electron chi connectivity index (χ2n) is 4.38. The number of pyridine rings is 1. The van der Waals surface area contributed by atoms with Crippen LogP contribution < -0.4 is 11.1 Å². The molecule has 0 fully saturated rings. The first kappa shape index (κ1) is 14.9. The van der Waals surface area contributed by atoms with Gasteiger partial charge in [0.25, 0.3) is 0 Å². The number of halogens is 1. The van der Waals surface area contributed by atoms with Crippen molar-refractivity contribution in [2.24, 2.45) is 11.7 Å². The number of thiocarbonyl (C=S) groups is 1. The zero-order valence-corrected chi connectivity index (χ0v) is 13.3. The molecule has 2 rings (SSSR count). The maximum Gasteiger partial charge on any atom is 0.234 e. The van der Waals surface area contributed by atoms with Crippen molar-refractivity contribution in [1.29, 1.82) is 0 Å². The summed E-state index contributed by atoms with van der Waals surface area (Å²) in [5.74, 6) is -0.659. The van der Waals surface area contributed by atoms with Crippen LogP contribution in [0.3, 0.4) is 0 Å². The molecule has 0 spiro atoms. The van der Waals surface area contributed by atoms with Crippen molar-refractivity contribution in [3.8, 4) is 0 Å². The minimum atomic E-state index is -0.462. The highest BCUT2D eigenvalue weighted by Crippen LogP contribution is 2.24. The first-order valence-corrected chi connectivity index (χ1v) is 7.37. The molecule has 0 saturated heterocycles. The van der Waals surface area contributed by atoms with Crippen molar-refractivity contribution < 1.29 is 4.79 Å². The Bertz CT molecular complexity index is 675. The Hall–Kier alpha value is -1.53. The van der Waals surface area contributed by atoms with Crippen LogP contribution in [0, 0.1) is 5.92 Å². The number of carbonyl (C=O) groups excluding carboxylic acids is 1. The lowest BCUT2D eigenvalue weighted by Crippen LogP contribution is -2.32. The molecular weight excluding hydrogens is 338 g/mol. The first-order chi connectivity index (χ1) is 9.52. The summed E-state index contributed by atoms with van der Waals surface area (Å²) < 4.78 is 0.892. The molecule has 20 heavy (non-hydrogen) atoms. The van der Waals surface area contributed by atoms with Gasteiger partial charge in [0.15, 0.2) is 0 Å². The molecule has 1 unspecified atom stereocenters. The number of nitrogens with one attached hydrogen (secondary N) is 1.